The van der Waals surface area contributed by atoms with Gasteiger partial charge in [-0.3, -0.25) is 9.10 Å². The smallest absolute Gasteiger partial charge is 0.264 e. The fourth-order valence-electron chi connectivity index (χ4n) is 3.55. The summed E-state index contributed by atoms with van der Waals surface area (Å²) in [5.74, 6) is -0.472. The van der Waals surface area contributed by atoms with E-state index in [-0.39, 0.29) is 22.2 Å². The third kappa shape index (κ3) is 5.36. The highest BCUT2D eigenvalue weighted by molar-refractivity contribution is 7.92. The number of hydrogen-bond acceptors (Lipinski definition) is 3. The van der Waals surface area contributed by atoms with Crippen molar-refractivity contribution in [1.29, 1.82) is 0 Å². The molecular formula is C26H22Cl2N2O3S. The highest BCUT2D eigenvalue weighted by Gasteiger charge is 2.29. The Morgan fingerprint density at radius 1 is 0.882 bits per heavy atom. The van der Waals surface area contributed by atoms with Gasteiger partial charge in [-0.05, 0) is 59.7 Å². The average Bonchev–Trinajstić information content (AvgIpc) is 2.83. The highest BCUT2D eigenvalue weighted by Crippen LogP contribution is 2.33. The SMILES string of the molecule is Cc1ccc(S(=O)(=O)N(CC(=O)NCc2ccc3ccccc3c2)c2cc(Cl)ccc2Cl)cc1. The first kappa shape index (κ1) is 24.1. The molecule has 34 heavy (non-hydrogen) atoms. The van der Waals surface area contributed by atoms with E-state index >= 15 is 0 Å². The number of hydrogen-bond donors (Lipinski definition) is 1. The Balaban J connectivity index is 1.60. The maximum Gasteiger partial charge on any atom is 0.264 e. The van der Waals surface area contributed by atoms with Crippen LogP contribution in [0.5, 0.6) is 0 Å². The van der Waals surface area contributed by atoms with E-state index in [4.69, 9.17) is 23.2 Å². The quantitative estimate of drug-likeness (QED) is 0.331. The molecule has 0 heterocycles. The second kappa shape index (κ2) is 10.1. The van der Waals surface area contributed by atoms with Crippen molar-refractivity contribution < 1.29 is 13.2 Å². The van der Waals surface area contributed by atoms with E-state index in [1.165, 1.54) is 24.3 Å². The predicted molar refractivity (Wildman–Crippen MR) is 138 cm³/mol. The molecule has 0 aliphatic heterocycles. The monoisotopic (exact) mass is 512 g/mol. The number of nitrogens with zero attached hydrogens (tertiary/aromatic N) is 1. The zero-order valence-corrected chi connectivity index (χ0v) is 20.7. The summed E-state index contributed by atoms with van der Waals surface area (Å²) < 4.78 is 28.0. The van der Waals surface area contributed by atoms with Crippen molar-refractivity contribution in [2.75, 3.05) is 10.8 Å². The Hall–Kier alpha value is -3.06. The van der Waals surface area contributed by atoms with Crippen LogP contribution < -0.4 is 9.62 Å². The van der Waals surface area contributed by atoms with Crippen LogP contribution in [-0.2, 0) is 21.4 Å². The second-order valence-corrected chi connectivity index (χ2v) is 10.6. The summed E-state index contributed by atoms with van der Waals surface area (Å²) in [7, 11) is -4.09. The molecule has 0 radical (unpaired) electrons. The van der Waals surface area contributed by atoms with E-state index in [2.05, 4.69) is 5.32 Å². The fraction of sp³-hybridized carbons (Fsp3) is 0.115. The van der Waals surface area contributed by atoms with Crippen molar-refractivity contribution in [2.45, 2.75) is 18.4 Å². The number of sulfonamides is 1. The van der Waals surface area contributed by atoms with Crippen LogP contribution in [0.3, 0.4) is 0 Å². The van der Waals surface area contributed by atoms with E-state index in [1.54, 1.807) is 18.2 Å². The number of fused-ring (bicyclic) bond motifs is 1. The lowest BCUT2D eigenvalue weighted by molar-refractivity contribution is -0.119. The number of aryl methyl sites for hydroxylation is 1. The molecule has 4 aromatic rings. The second-order valence-electron chi connectivity index (χ2n) is 7.88. The van der Waals surface area contributed by atoms with Gasteiger partial charge < -0.3 is 5.32 Å². The van der Waals surface area contributed by atoms with E-state index in [1.807, 2.05) is 49.4 Å². The number of halogens is 2. The fourth-order valence-corrected chi connectivity index (χ4v) is 5.42. The topological polar surface area (TPSA) is 66.5 Å². The summed E-state index contributed by atoms with van der Waals surface area (Å²) in [6.07, 6.45) is 0. The summed E-state index contributed by atoms with van der Waals surface area (Å²) in [4.78, 5) is 13.0. The van der Waals surface area contributed by atoms with Crippen molar-refractivity contribution in [3.63, 3.8) is 0 Å². The molecule has 1 N–H and O–H groups in total. The minimum atomic E-state index is -4.09. The number of carbonyl (C=O) groups excluding carboxylic acids is 1. The first-order chi connectivity index (χ1) is 16.2. The van der Waals surface area contributed by atoms with Gasteiger partial charge in [0.25, 0.3) is 10.0 Å². The lowest BCUT2D eigenvalue weighted by atomic mass is 10.1. The van der Waals surface area contributed by atoms with Crippen LogP contribution in [0.25, 0.3) is 10.8 Å². The molecule has 4 aromatic carbocycles. The molecule has 0 bridgehead atoms. The summed E-state index contributed by atoms with van der Waals surface area (Å²) >= 11 is 12.4. The molecule has 0 aliphatic carbocycles. The maximum atomic E-state index is 13.5. The van der Waals surface area contributed by atoms with Gasteiger partial charge in [0.2, 0.25) is 5.91 Å². The van der Waals surface area contributed by atoms with Gasteiger partial charge in [-0.1, -0.05) is 77.3 Å². The Labute approximate surface area is 209 Å². The van der Waals surface area contributed by atoms with Gasteiger partial charge in [0, 0.05) is 11.6 Å². The lowest BCUT2D eigenvalue weighted by Gasteiger charge is -2.25. The van der Waals surface area contributed by atoms with Crippen molar-refractivity contribution in [1.82, 2.24) is 5.32 Å². The van der Waals surface area contributed by atoms with E-state index in [0.717, 1.165) is 26.2 Å². The Morgan fingerprint density at radius 2 is 1.59 bits per heavy atom. The molecule has 0 fully saturated rings. The third-order valence-corrected chi connectivity index (χ3v) is 7.71. The van der Waals surface area contributed by atoms with Crippen molar-refractivity contribution in [3.05, 3.63) is 106 Å². The summed E-state index contributed by atoms with van der Waals surface area (Å²) in [5.41, 5.74) is 1.95. The van der Waals surface area contributed by atoms with E-state index < -0.39 is 22.5 Å². The standard InChI is InChI=1S/C26H22Cl2N2O3S/c1-18-6-11-23(12-7-18)34(32,33)30(25-15-22(27)10-13-24(25)28)17-26(31)29-16-19-8-9-20-4-2-3-5-21(20)14-19/h2-15H,16-17H2,1H3,(H,29,31). The van der Waals surface area contributed by atoms with E-state index in [9.17, 15) is 13.2 Å². The Bertz CT molecular complexity index is 1450. The zero-order valence-electron chi connectivity index (χ0n) is 18.3. The van der Waals surface area contributed by atoms with Crippen molar-refractivity contribution in [2.24, 2.45) is 0 Å². The molecule has 0 saturated carbocycles. The molecule has 0 aliphatic rings. The molecule has 0 aromatic heterocycles. The van der Waals surface area contributed by atoms with Crippen LogP contribution in [-0.4, -0.2) is 20.9 Å². The minimum Gasteiger partial charge on any atom is -0.350 e. The van der Waals surface area contributed by atoms with Crippen molar-refractivity contribution >= 4 is 55.6 Å². The third-order valence-electron chi connectivity index (χ3n) is 5.38. The van der Waals surface area contributed by atoms with Crippen molar-refractivity contribution in [3.8, 4) is 0 Å². The van der Waals surface area contributed by atoms with Crippen LogP contribution in [0.2, 0.25) is 10.0 Å². The molecule has 8 heteroatoms. The molecule has 0 spiro atoms. The van der Waals surface area contributed by atoms with Gasteiger partial charge in [0.1, 0.15) is 6.54 Å². The first-order valence-corrected chi connectivity index (χ1v) is 12.7. The van der Waals surface area contributed by atoms with Crippen LogP contribution >= 0.6 is 23.2 Å². The van der Waals surface area contributed by atoms with E-state index in [0.29, 0.717) is 5.02 Å². The van der Waals surface area contributed by atoms with Gasteiger partial charge in [-0.15, -0.1) is 0 Å². The molecular weight excluding hydrogens is 491 g/mol. The molecule has 0 saturated heterocycles. The highest BCUT2D eigenvalue weighted by atomic mass is 35.5. The zero-order chi connectivity index (χ0) is 24.3. The van der Waals surface area contributed by atoms with Gasteiger partial charge in [-0.2, -0.15) is 0 Å². The number of benzene rings is 4. The maximum absolute atomic E-state index is 13.5. The largest absolute Gasteiger partial charge is 0.350 e. The molecule has 0 unspecified atom stereocenters. The van der Waals surface area contributed by atoms with Crippen LogP contribution in [0.15, 0.2) is 89.8 Å². The normalized spacial score (nSPS) is 11.4. The molecule has 174 valence electrons. The predicted octanol–water partition coefficient (Wildman–Crippen LogP) is 5.97. The van der Waals surface area contributed by atoms with Gasteiger partial charge in [0.15, 0.2) is 0 Å². The minimum absolute atomic E-state index is 0.0523. The molecule has 1 amide bonds. The molecule has 4 rings (SSSR count). The summed E-state index contributed by atoms with van der Waals surface area (Å²) in [5, 5.41) is 5.44. The average molecular weight is 513 g/mol. The number of rotatable bonds is 7. The summed E-state index contributed by atoms with van der Waals surface area (Å²) in [6, 6.07) is 24.7. The number of amides is 1. The number of nitrogens with one attached hydrogen (secondary N) is 1. The van der Waals surface area contributed by atoms with Crippen LogP contribution in [0, 0.1) is 6.92 Å². The number of anilines is 1. The molecule has 5 nitrogen and oxygen atoms in total. The summed E-state index contributed by atoms with van der Waals surface area (Å²) in [6.45, 7) is 1.66. The van der Waals surface area contributed by atoms with Crippen LogP contribution in [0.1, 0.15) is 11.1 Å². The molecule has 0 atom stereocenters. The first-order valence-electron chi connectivity index (χ1n) is 10.5. The van der Waals surface area contributed by atoms with Crippen LogP contribution in [0.4, 0.5) is 5.69 Å². The number of carbonyl (C=O) groups is 1. The lowest BCUT2D eigenvalue weighted by Crippen LogP contribution is -2.40. The Kier molecular flexibility index (Phi) is 7.12. The van der Waals surface area contributed by atoms with Gasteiger partial charge in [-0.25, -0.2) is 8.42 Å². The van der Waals surface area contributed by atoms with Gasteiger partial charge >= 0.3 is 0 Å². The Morgan fingerprint density at radius 3 is 2.32 bits per heavy atom. The van der Waals surface area contributed by atoms with Gasteiger partial charge in [0.05, 0.1) is 15.6 Å².